The lowest BCUT2D eigenvalue weighted by molar-refractivity contribution is -0.133. The van der Waals surface area contributed by atoms with Crippen molar-refractivity contribution in [3.63, 3.8) is 0 Å². The van der Waals surface area contributed by atoms with E-state index in [9.17, 15) is 9.59 Å². The summed E-state index contributed by atoms with van der Waals surface area (Å²) in [4.78, 5) is 24.4. The number of hydrazine groups is 1. The number of ether oxygens (including phenoxy) is 2. The molecule has 2 aromatic rings. The van der Waals surface area contributed by atoms with Gasteiger partial charge in [0, 0.05) is 4.47 Å². The summed E-state index contributed by atoms with van der Waals surface area (Å²) < 4.78 is 12.4. The fourth-order valence-electron chi connectivity index (χ4n) is 2.97. The number of carbonyl (C=O) groups excluding carboxylic acids is 2. The predicted molar refractivity (Wildman–Crippen MR) is 121 cm³/mol. The second-order valence-electron chi connectivity index (χ2n) is 7.65. The molecule has 7 heteroatoms. The monoisotopic (exact) mass is 476 g/mol. The Bertz CT molecular complexity index is 904. The molecule has 162 valence electrons. The Balaban J connectivity index is 1.88. The second kappa shape index (κ2) is 10.5. The first-order valence-electron chi connectivity index (χ1n) is 9.84. The van der Waals surface area contributed by atoms with Crippen LogP contribution in [0.25, 0.3) is 0 Å². The molecule has 0 aliphatic heterocycles. The molecule has 0 aliphatic carbocycles. The quantitative estimate of drug-likeness (QED) is 0.577. The summed E-state index contributed by atoms with van der Waals surface area (Å²) >= 11 is 3.44. The van der Waals surface area contributed by atoms with Gasteiger partial charge in [-0.05, 0) is 74.1 Å². The standard InChI is InChI=1S/C23H29BrN2O4/c1-13(2)19-8-7-14(3)9-20(19)29-12-21(27)25-26-23(28)17(6)30-22-15(4)10-18(24)11-16(22)5/h7-11,13,17H,12H2,1-6H3,(H,25,27)(H,26,28). The molecule has 1 unspecified atom stereocenters. The minimum atomic E-state index is -0.783. The second-order valence-corrected chi connectivity index (χ2v) is 8.57. The van der Waals surface area contributed by atoms with Gasteiger partial charge in [0.2, 0.25) is 0 Å². The van der Waals surface area contributed by atoms with Gasteiger partial charge in [-0.1, -0.05) is 41.9 Å². The van der Waals surface area contributed by atoms with Gasteiger partial charge in [0.1, 0.15) is 11.5 Å². The lowest BCUT2D eigenvalue weighted by Crippen LogP contribution is -2.48. The molecule has 2 rings (SSSR count). The largest absolute Gasteiger partial charge is 0.483 e. The number of hydrogen-bond donors (Lipinski definition) is 2. The zero-order valence-corrected chi connectivity index (χ0v) is 19.8. The molecule has 0 saturated heterocycles. The van der Waals surface area contributed by atoms with Crippen molar-refractivity contribution in [3.05, 3.63) is 57.1 Å². The number of aryl methyl sites for hydroxylation is 3. The van der Waals surface area contributed by atoms with Gasteiger partial charge in [-0.3, -0.25) is 20.4 Å². The number of benzene rings is 2. The van der Waals surface area contributed by atoms with Crippen molar-refractivity contribution in [2.24, 2.45) is 0 Å². The van der Waals surface area contributed by atoms with Crippen molar-refractivity contribution in [2.45, 2.75) is 53.6 Å². The van der Waals surface area contributed by atoms with Gasteiger partial charge >= 0.3 is 0 Å². The summed E-state index contributed by atoms with van der Waals surface area (Å²) in [6, 6.07) is 9.75. The van der Waals surface area contributed by atoms with Gasteiger partial charge in [-0.2, -0.15) is 0 Å². The summed E-state index contributed by atoms with van der Waals surface area (Å²) in [6.07, 6.45) is -0.783. The molecule has 0 radical (unpaired) electrons. The molecular weight excluding hydrogens is 448 g/mol. The van der Waals surface area contributed by atoms with Crippen LogP contribution in [0.2, 0.25) is 0 Å². The number of rotatable bonds is 7. The topological polar surface area (TPSA) is 76.7 Å². The fraction of sp³-hybridized carbons (Fsp3) is 0.391. The summed E-state index contributed by atoms with van der Waals surface area (Å²) in [5.41, 5.74) is 8.66. The Morgan fingerprint density at radius 2 is 1.63 bits per heavy atom. The van der Waals surface area contributed by atoms with Crippen LogP contribution in [0.3, 0.4) is 0 Å². The van der Waals surface area contributed by atoms with Crippen LogP contribution in [0.1, 0.15) is 48.9 Å². The maximum absolute atomic E-state index is 12.3. The molecule has 1 atom stereocenters. The molecule has 0 spiro atoms. The van der Waals surface area contributed by atoms with E-state index in [-0.39, 0.29) is 12.5 Å². The third-order valence-corrected chi connectivity index (χ3v) is 5.02. The highest BCUT2D eigenvalue weighted by Crippen LogP contribution is 2.28. The van der Waals surface area contributed by atoms with Gasteiger partial charge in [-0.15, -0.1) is 0 Å². The lowest BCUT2D eigenvalue weighted by atomic mass is 10.0. The van der Waals surface area contributed by atoms with Crippen molar-refractivity contribution in [1.82, 2.24) is 10.9 Å². The molecule has 2 N–H and O–H groups in total. The van der Waals surface area contributed by atoms with Crippen molar-refractivity contribution in [3.8, 4) is 11.5 Å². The first kappa shape index (κ1) is 23.7. The van der Waals surface area contributed by atoms with Gasteiger partial charge in [0.25, 0.3) is 11.8 Å². The van der Waals surface area contributed by atoms with Crippen molar-refractivity contribution < 1.29 is 19.1 Å². The lowest BCUT2D eigenvalue weighted by Gasteiger charge is -2.19. The molecule has 0 fully saturated rings. The maximum Gasteiger partial charge on any atom is 0.279 e. The molecule has 0 aromatic heterocycles. The zero-order chi connectivity index (χ0) is 22.4. The maximum atomic E-state index is 12.3. The first-order valence-corrected chi connectivity index (χ1v) is 10.6. The molecule has 2 aromatic carbocycles. The van der Waals surface area contributed by atoms with Crippen LogP contribution < -0.4 is 20.3 Å². The molecule has 0 bridgehead atoms. The number of nitrogens with one attached hydrogen (secondary N) is 2. The minimum absolute atomic E-state index is 0.205. The van der Waals surface area contributed by atoms with Gasteiger partial charge < -0.3 is 9.47 Å². The molecule has 0 aliphatic rings. The van der Waals surface area contributed by atoms with Crippen molar-refractivity contribution in [2.75, 3.05) is 6.61 Å². The Kier molecular flexibility index (Phi) is 8.29. The third-order valence-electron chi connectivity index (χ3n) is 4.56. The molecule has 30 heavy (non-hydrogen) atoms. The van der Waals surface area contributed by atoms with E-state index in [1.165, 1.54) is 0 Å². The minimum Gasteiger partial charge on any atom is -0.483 e. The van der Waals surface area contributed by atoms with E-state index >= 15 is 0 Å². The van der Waals surface area contributed by atoms with Crippen LogP contribution in [-0.2, 0) is 9.59 Å². The van der Waals surface area contributed by atoms with Crippen LogP contribution in [0.4, 0.5) is 0 Å². The number of halogens is 1. The van der Waals surface area contributed by atoms with Gasteiger partial charge in [0.05, 0.1) is 0 Å². The smallest absolute Gasteiger partial charge is 0.279 e. The van der Waals surface area contributed by atoms with E-state index in [1.807, 2.05) is 51.1 Å². The van der Waals surface area contributed by atoms with Crippen LogP contribution in [-0.4, -0.2) is 24.5 Å². The molecule has 0 saturated carbocycles. The number of carbonyl (C=O) groups is 2. The van der Waals surface area contributed by atoms with E-state index in [0.717, 1.165) is 26.7 Å². The molecule has 0 heterocycles. The van der Waals surface area contributed by atoms with Crippen LogP contribution in [0.5, 0.6) is 11.5 Å². The summed E-state index contributed by atoms with van der Waals surface area (Å²) in [5.74, 6) is 0.679. The summed E-state index contributed by atoms with van der Waals surface area (Å²) in [5, 5.41) is 0. The predicted octanol–water partition coefficient (Wildman–Crippen LogP) is 4.49. The SMILES string of the molecule is Cc1ccc(C(C)C)c(OCC(=O)NNC(=O)C(C)Oc2c(C)cc(Br)cc2C)c1. The highest BCUT2D eigenvalue weighted by Gasteiger charge is 2.18. The first-order chi connectivity index (χ1) is 14.1. The molecular formula is C23H29BrN2O4. The highest BCUT2D eigenvalue weighted by atomic mass is 79.9. The highest BCUT2D eigenvalue weighted by molar-refractivity contribution is 9.10. The van der Waals surface area contributed by atoms with Crippen LogP contribution in [0, 0.1) is 20.8 Å². The Hall–Kier alpha value is -2.54. The van der Waals surface area contributed by atoms with Crippen LogP contribution >= 0.6 is 15.9 Å². The zero-order valence-electron chi connectivity index (χ0n) is 18.3. The van der Waals surface area contributed by atoms with E-state index in [1.54, 1.807) is 6.92 Å². The Labute approximate surface area is 186 Å². The Morgan fingerprint density at radius 3 is 2.23 bits per heavy atom. The van der Waals surface area contributed by atoms with Crippen LogP contribution in [0.15, 0.2) is 34.8 Å². The number of amides is 2. The Morgan fingerprint density at radius 1 is 1.00 bits per heavy atom. The fourth-order valence-corrected chi connectivity index (χ4v) is 3.66. The van der Waals surface area contributed by atoms with Crippen molar-refractivity contribution >= 4 is 27.7 Å². The van der Waals surface area contributed by atoms with E-state index in [4.69, 9.17) is 9.47 Å². The average molecular weight is 477 g/mol. The van der Waals surface area contributed by atoms with Crippen molar-refractivity contribution in [1.29, 1.82) is 0 Å². The third kappa shape index (κ3) is 6.49. The van der Waals surface area contributed by atoms with E-state index < -0.39 is 17.9 Å². The van der Waals surface area contributed by atoms with Gasteiger partial charge in [-0.25, -0.2) is 0 Å². The molecule has 2 amide bonds. The average Bonchev–Trinajstić information content (AvgIpc) is 2.66. The van der Waals surface area contributed by atoms with E-state index in [2.05, 4.69) is 40.6 Å². The van der Waals surface area contributed by atoms with Gasteiger partial charge in [0.15, 0.2) is 12.7 Å². The molecule has 6 nitrogen and oxygen atoms in total. The summed E-state index contributed by atoms with van der Waals surface area (Å²) in [7, 11) is 0. The van der Waals surface area contributed by atoms with E-state index in [0.29, 0.717) is 11.5 Å². The number of hydrogen-bond acceptors (Lipinski definition) is 4. The summed E-state index contributed by atoms with van der Waals surface area (Å²) in [6.45, 7) is 11.3. The normalized spacial score (nSPS) is 11.7.